The molecule has 0 saturated heterocycles. The van der Waals surface area contributed by atoms with E-state index in [-0.39, 0.29) is 30.2 Å². The van der Waals surface area contributed by atoms with Crippen molar-refractivity contribution in [3.05, 3.63) is 0 Å². The van der Waals surface area contributed by atoms with Crippen molar-refractivity contribution < 1.29 is 14.4 Å². The minimum Gasteiger partial charge on any atom is -0.300 e. The molecule has 0 aromatic rings. The molecule has 0 fully saturated rings. The molecule has 0 saturated carbocycles. The summed E-state index contributed by atoms with van der Waals surface area (Å²) in [4.78, 5) is 34.7. The maximum atomic E-state index is 12.3. The zero-order valence-corrected chi connectivity index (χ0v) is 11.1. The Morgan fingerprint density at radius 2 is 1.12 bits per heavy atom. The van der Waals surface area contributed by atoms with E-state index in [4.69, 9.17) is 0 Å². The van der Waals surface area contributed by atoms with Crippen LogP contribution in [0.25, 0.3) is 0 Å². The fourth-order valence-electron chi connectivity index (χ4n) is 2.23. The first-order chi connectivity index (χ1) is 6.99. The van der Waals surface area contributed by atoms with Gasteiger partial charge in [0.25, 0.3) is 0 Å². The second-order valence-electron chi connectivity index (χ2n) is 5.90. The van der Waals surface area contributed by atoms with Crippen molar-refractivity contribution in [3.8, 4) is 0 Å². The number of hydrogen-bond donors (Lipinski definition) is 0. The minimum atomic E-state index is -0.851. The number of Topliss-reactive ketones (excluding diaryl/α,β-unsaturated/α-hetero) is 3. The monoisotopic (exact) mass is 226 g/mol. The standard InChI is InChI=1S/C13H22O3/c1-9(14)7-13(6,8-10(2)15)11(16)12(3,4)5/h7-8H2,1-6H3. The zero-order chi connectivity index (χ0) is 13.1. The van der Waals surface area contributed by atoms with Gasteiger partial charge in [0.05, 0.1) is 0 Å². The molecule has 0 aliphatic heterocycles. The van der Waals surface area contributed by atoms with Crippen LogP contribution < -0.4 is 0 Å². The van der Waals surface area contributed by atoms with E-state index in [2.05, 4.69) is 0 Å². The van der Waals surface area contributed by atoms with Crippen molar-refractivity contribution in [2.45, 2.75) is 54.4 Å². The number of rotatable bonds is 5. The predicted octanol–water partition coefficient (Wildman–Crippen LogP) is 2.57. The van der Waals surface area contributed by atoms with Gasteiger partial charge in [0.1, 0.15) is 17.3 Å². The molecular formula is C13H22O3. The van der Waals surface area contributed by atoms with Crippen LogP contribution in [0.5, 0.6) is 0 Å². The average Bonchev–Trinajstić information content (AvgIpc) is 1.97. The molecule has 0 amide bonds. The highest BCUT2D eigenvalue weighted by molar-refractivity contribution is 5.96. The Balaban J connectivity index is 5.14. The van der Waals surface area contributed by atoms with Crippen LogP contribution in [0.3, 0.4) is 0 Å². The van der Waals surface area contributed by atoms with E-state index in [0.29, 0.717) is 0 Å². The lowest BCUT2D eigenvalue weighted by atomic mass is 9.68. The molecule has 92 valence electrons. The average molecular weight is 226 g/mol. The molecule has 16 heavy (non-hydrogen) atoms. The van der Waals surface area contributed by atoms with Crippen LogP contribution in [-0.4, -0.2) is 17.3 Å². The van der Waals surface area contributed by atoms with Crippen LogP contribution in [0, 0.1) is 10.8 Å². The first kappa shape index (κ1) is 15.0. The second kappa shape index (κ2) is 4.89. The molecule has 0 aliphatic rings. The van der Waals surface area contributed by atoms with Gasteiger partial charge in [-0.25, -0.2) is 0 Å². The molecule has 3 heteroatoms. The molecule has 0 N–H and O–H groups in total. The molecular weight excluding hydrogens is 204 g/mol. The van der Waals surface area contributed by atoms with E-state index in [1.807, 2.05) is 20.8 Å². The van der Waals surface area contributed by atoms with Crippen LogP contribution in [0.15, 0.2) is 0 Å². The molecule has 0 heterocycles. The summed E-state index contributed by atoms with van der Waals surface area (Å²) < 4.78 is 0. The molecule has 0 unspecified atom stereocenters. The summed E-state index contributed by atoms with van der Waals surface area (Å²) in [6.45, 7) is 10.1. The lowest BCUT2D eigenvalue weighted by Crippen LogP contribution is -2.39. The van der Waals surface area contributed by atoms with Crippen molar-refractivity contribution in [2.24, 2.45) is 10.8 Å². The Hall–Kier alpha value is -0.990. The lowest BCUT2D eigenvalue weighted by Gasteiger charge is -2.32. The van der Waals surface area contributed by atoms with Crippen molar-refractivity contribution in [2.75, 3.05) is 0 Å². The van der Waals surface area contributed by atoms with Crippen molar-refractivity contribution >= 4 is 17.3 Å². The largest absolute Gasteiger partial charge is 0.300 e. The van der Waals surface area contributed by atoms with Crippen LogP contribution >= 0.6 is 0 Å². The second-order valence-corrected chi connectivity index (χ2v) is 5.90. The molecule has 0 aromatic carbocycles. The molecule has 0 bridgehead atoms. The van der Waals surface area contributed by atoms with Crippen LogP contribution in [-0.2, 0) is 14.4 Å². The molecule has 0 radical (unpaired) electrons. The number of hydrogen-bond acceptors (Lipinski definition) is 3. The number of carbonyl (C=O) groups is 3. The van der Waals surface area contributed by atoms with E-state index < -0.39 is 10.8 Å². The maximum absolute atomic E-state index is 12.3. The third kappa shape index (κ3) is 4.25. The maximum Gasteiger partial charge on any atom is 0.144 e. The Kier molecular flexibility index (Phi) is 4.59. The lowest BCUT2D eigenvalue weighted by molar-refractivity contribution is -0.141. The van der Waals surface area contributed by atoms with Gasteiger partial charge >= 0.3 is 0 Å². The van der Waals surface area contributed by atoms with E-state index in [9.17, 15) is 14.4 Å². The van der Waals surface area contributed by atoms with E-state index in [1.165, 1.54) is 13.8 Å². The Labute approximate surface area is 97.6 Å². The smallest absolute Gasteiger partial charge is 0.144 e. The summed E-state index contributed by atoms with van der Waals surface area (Å²) in [6.07, 6.45) is 0.283. The van der Waals surface area contributed by atoms with Crippen LogP contribution in [0.4, 0.5) is 0 Å². The highest BCUT2D eigenvalue weighted by Crippen LogP contribution is 2.35. The van der Waals surface area contributed by atoms with E-state index in [0.717, 1.165) is 0 Å². The Morgan fingerprint density at radius 1 is 0.812 bits per heavy atom. The topological polar surface area (TPSA) is 51.2 Å². The highest BCUT2D eigenvalue weighted by Gasteiger charge is 2.41. The Bertz CT molecular complexity index is 292. The predicted molar refractivity (Wildman–Crippen MR) is 63.2 cm³/mol. The normalized spacial score (nSPS) is 12.4. The van der Waals surface area contributed by atoms with Gasteiger partial charge in [0.2, 0.25) is 0 Å². The number of carbonyl (C=O) groups excluding carboxylic acids is 3. The first-order valence-electron chi connectivity index (χ1n) is 5.53. The summed E-state index contributed by atoms with van der Waals surface area (Å²) in [5.41, 5.74) is -1.38. The molecule has 0 aliphatic carbocycles. The van der Waals surface area contributed by atoms with Crippen LogP contribution in [0.2, 0.25) is 0 Å². The van der Waals surface area contributed by atoms with Gasteiger partial charge in [0, 0.05) is 23.7 Å². The van der Waals surface area contributed by atoms with Gasteiger partial charge < -0.3 is 0 Å². The third-order valence-electron chi connectivity index (χ3n) is 2.51. The Morgan fingerprint density at radius 3 is 1.31 bits per heavy atom. The van der Waals surface area contributed by atoms with Gasteiger partial charge in [-0.05, 0) is 13.8 Å². The van der Waals surface area contributed by atoms with Gasteiger partial charge in [0.15, 0.2) is 0 Å². The summed E-state index contributed by atoms with van der Waals surface area (Å²) in [7, 11) is 0. The van der Waals surface area contributed by atoms with Gasteiger partial charge in [-0.15, -0.1) is 0 Å². The van der Waals surface area contributed by atoms with E-state index >= 15 is 0 Å². The fraction of sp³-hybridized carbons (Fsp3) is 0.769. The minimum absolute atomic E-state index is 0.0228. The van der Waals surface area contributed by atoms with E-state index in [1.54, 1.807) is 6.92 Å². The van der Waals surface area contributed by atoms with Crippen molar-refractivity contribution in [3.63, 3.8) is 0 Å². The highest BCUT2D eigenvalue weighted by atomic mass is 16.1. The summed E-state index contributed by atoms with van der Waals surface area (Å²) in [5.74, 6) is -0.131. The quantitative estimate of drug-likeness (QED) is 0.724. The number of ketones is 3. The fourth-order valence-corrected chi connectivity index (χ4v) is 2.23. The van der Waals surface area contributed by atoms with Gasteiger partial charge in [-0.1, -0.05) is 27.7 Å². The van der Waals surface area contributed by atoms with Crippen LogP contribution in [0.1, 0.15) is 54.4 Å². The van der Waals surface area contributed by atoms with Gasteiger partial charge in [-0.3, -0.25) is 14.4 Å². The summed E-state index contributed by atoms with van der Waals surface area (Å²) in [5, 5.41) is 0. The molecule has 0 spiro atoms. The molecule has 3 nitrogen and oxygen atoms in total. The zero-order valence-electron chi connectivity index (χ0n) is 11.1. The molecule has 0 atom stereocenters. The first-order valence-corrected chi connectivity index (χ1v) is 5.53. The summed E-state index contributed by atoms with van der Waals surface area (Å²) in [6, 6.07) is 0. The van der Waals surface area contributed by atoms with Crippen molar-refractivity contribution in [1.82, 2.24) is 0 Å². The molecule has 0 rings (SSSR count). The van der Waals surface area contributed by atoms with Crippen molar-refractivity contribution in [1.29, 1.82) is 0 Å². The summed E-state index contributed by atoms with van der Waals surface area (Å²) >= 11 is 0. The molecule has 0 aromatic heterocycles. The third-order valence-corrected chi connectivity index (χ3v) is 2.51. The van der Waals surface area contributed by atoms with Gasteiger partial charge in [-0.2, -0.15) is 0 Å². The SMILES string of the molecule is CC(=O)CC(C)(CC(C)=O)C(=O)C(C)(C)C.